The number of ether oxygens (including phenoxy) is 1. The maximum Gasteiger partial charge on any atom is 0.379 e. The van der Waals surface area contributed by atoms with E-state index in [9.17, 15) is 19.1 Å². The number of aliphatic hydroxyl groups excluding tert-OH is 1. The zero-order chi connectivity index (χ0) is 20.8. The number of carbonyl (C=O) groups is 2. The van der Waals surface area contributed by atoms with E-state index >= 15 is 0 Å². The molecule has 0 aliphatic heterocycles. The Morgan fingerprint density at radius 3 is 2.41 bits per heavy atom. The molecule has 0 spiro atoms. The van der Waals surface area contributed by atoms with Crippen LogP contribution in [-0.2, 0) is 20.9 Å². The van der Waals surface area contributed by atoms with E-state index in [0.29, 0.717) is 12.2 Å². The summed E-state index contributed by atoms with van der Waals surface area (Å²) in [5.74, 6) is -2.67. The number of aliphatic hydroxyl groups is 1. The first-order chi connectivity index (χ1) is 14.0. The van der Waals surface area contributed by atoms with E-state index in [1.807, 2.05) is 36.5 Å². The van der Waals surface area contributed by atoms with Gasteiger partial charge in [-0.3, -0.25) is 4.79 Å². The highest BCUT2D eigenvalue weighted by Crippen LogP contribution is 2.26. The second-order valence-corrected chi connectivity index (χ2v) is 6.35. The van der Waals surface area contributed by atoms with Crippen LogP contribution < -0.4 is 0 Å². The van der Waals surface area contributed by atoms with Crippen molar-refractivity contribution >= 4 is 17.5 Å². The Kier molecular flexibility index (Phi) is 6.24. The lowest BCUT2D eigenvalue weighted by Crippen LogP contribution is -2.15. The second kappa shape index (κ2) is 9.01. The van der Waals surface area contributed by atoms with Gasteiger partial charge in [-0.05, 0) is 36.2 Å². The molecule has 0 aliphatic rings. The molecule has 1 aromatic heterocycles. The maximum atomic E-state index is 13.2. The van der Waals surface area contributed by atoms with Crippen molar-refractivity contribution in [3.63, 3.8) is 0 Å². The summed E-state index contributed by atoms with van der Waals surface area (Å²) in [6.45, 7) is 2.00. The Morgan fingerprint density at radius 1 is 1.07 bits per heavy atom. The lowest BCUT2D eigenvalue weighted by molar-refractivity contribution is -0.151. The van der Waals surface area contributed by atoms with Crippen LogP contribution >= 0.6 is 0 Å². The van der Waals surface area contributed by atoms with E-state index in [2.05, 4.69) is 4.74 Å². The van der Waals surface area contributed by atoms with Crippen LogP contribution in [0.5, 0.6) is 0 Å². The van der Waals surface area contributed by atoms with Gasteiger partial charge in [0.2, 0.25) is 0 Å². The first kappa shape index (κ1) is 20.1. The molecule has 0 aliphatic carbocycles. The number of hydrogen-bond acceptors (Lipinski definition) is 4. The molecule has 3 rings (SSSR count). The highest BCUT2D eigenvalue weighted by molar-refractivity contribution is 6.39. The van der Waals surface area contributed by atoms with Crippen molar-refractivity contribution in [2.75, 3.05) is 6.61 Å². The number of carbonyl (C=O) groups excluding carboxylic acids is 2. The molecule has 1 heterocycles. The third-order valence-corrected chi connectivity index (χ3v) is 4.28. The number of ketones is 1. The summed E-state index contributed by atoms with van der Waals surface area (Å²) < 4.78 is 19.6. The third-order valence-electron chi connectivity index (χ3n) is 4.28. The lowest BCUT2D eigenvalue weighted by Gasteiger charge is -2.09. The minimum absolute atomic E-state index is 0.0677. The molecule has 6 heteroatoms. The summed E-state index contributed by atoms with van der Waals surface area (Å²) in [4.78, 5) is 23.5. The van der Waals surface area contributed by atoms with Gasteiger partial charge in [0, 0.05) is 24.4 Å². The molecular formula is C23H20FNO4. The number of benzene rings is 2. The summed E-state index contributed by atoms with van der Waals surface area (Å²) in [5, 5.41) is 10.5. The van der Waals surface area contributed by atoms with Crippen molar-refractivity contribution in [2.45, 2.75) is 13.5 Å². The highest BCUT2D eigenvalue weighted by Gasteiger charge is 2.17. The first-order valence-electron chi connectivity index (χ1n) is 9.10. The zero-order valence-corrected chi connectivity index (χ0v) is 15.8. The van der Waals surface area contributed by atoms with Gasteiger partial charge in [0.05, 0.1) is 12.3 Å². The van der Waals surface area contributed by atoms with Gasteiger partial charge in [-0.25, -0.2) is 9.18 Å². The molecule has 0 bridgehead atoms. The molecule has 29 heavy (non-hydrogen) atoms. The van der Waals surface area contributed by atoms with Gasteiger partial charge in [-0.2, -0.15) is 0 Å². The smallest absolute Gasteiger partial charge is 0.379 e. The van der Waals surface area contributed by atoms with Gasteiger partial charge in [-0.15, -0.1) is 0 Å². The highest BCUT2D eigenvalue weighted by atomic mass is 19.1. The number of nitrogens with zero attached hydrogens (tertiary/aromatic N) is 1. The number of hydrogen-bond donors (Lipinski definition) is 1. The molecular weight excluding hydrogens is 373 g/mol. The topological polar surface area (TPSA) is 68.5 Å². The summed E-state index contributed by atoms with van der Waals surface area (Å²) in [6, 6.07) is 17.3. The van der Waals surface area contributed by atoms with E-state index in [4.69, 9.17) is 0 Å². The van der Waals surface area contributed by atoms with E-state index < -0.39 is 11.8 Å². The fourth-order valence-corrected chi connectivity index (χ4v) is 2.89. The Hall–Kier alpha value is -3.67. The molecule has 0 unspecified atom stereocenters. The van der Waals surface area contributed by atoms with Crippen molar-refractivity contribution in [2.24, 2.45) is 0 Å². The molecule has 5 nitrogen and oxygen atoms in total. The number of halogens is 1. The molecule has 0 saturated heterocycles. The van der Waals surface area contributed by atoms with E-state index in [1.165, 1.54) is 12.1 Å². The van der Waals surface area contributed by atoms with Gasteiger partial charge < -0.3 is 14.4 Å². The van der Waals surface area contributed by atoms with Crippen LogP contribution in [0, 0.1) is 5.82 Å². The largest absolute Gasteiger partial charge is 0.506 e. The quantitative estimate of drug-likeness (QED) is 0.280. The van der Waals surface area contributed by atoms with Crippen molar-refractivity contribution in [3.8, 4) is 11.1 Å². The number of esters is 1. The molecule has 0 atom stereocenters. The van der Waals surface area contributed by atoms with Gasteiger partial charge in [-0.1, -0.05) is 42.5 Å². The Bertz CT molecular complexity index is 1040. The summed E-state index contributed by atoms with van der Waals surface area (Å²) in [7, 11) is 0. The van der Waals surface area contributed by atoms with Crippen molar-refractivity contribution < 1.29 is 23.8 Å². The van der Waals surface area contributed by atoms with E-state index in [1.54, 1.807) is 29.7 Å². The average molecular weight is 393 g/mol. The standard InChI is InChI=1S/C23H20FNO4/c1-2-29-23(28)22(27)13-21(26)20-12-18(17-6-4-3-5-7-17)15-25(20)14-16-8-10-19(24)11-9-16/h3-13,15,26H,2,14H2,1H3/b21-13-. The maximum absolute atomic E-state index is 13.2. The molecule has 1 N–H and O–H groups in total. The SMILES string of the molecule is CCOC(=O)C(=O)/C=C(\O)c1cc(-c2ccccc2)cn1Cc1ccc(F)cc1. The number of aromatic nitrogens is 1. The van der Waals surface area contributed by atoms with Crippen LogP contribution in [0.2, 0.25) is 0 Å². The van der Waals surface area contributed by atoms with Crippen molar-refractivity contribution in [3.05, 3.63) is 90.0 Å². The molecule has 0 amide bonds. The molecule has 0 radical (unpaired) electrons. The second-order valence-electron chi connectivity index (χ2n) is 6.35. The van der Waals surface area contributed by atoms with Gasteiger partial charge >= 0.3 is 5.97 Å². The van der Waals surface area contributed by atoms with Gasteiger partial charge in [0.15, 0.2) is 0 Å². The van der Waals surface area contributed by atoms with Crippen LogP contribution in [0.25, 0.3) is 16.9 Å². The minimum Gasteiger partial charge on any atom is -0.506 e. The Balaban J connectivity index is 1.99. The van der Waals surface area contributed by atoms with Gasteiger partial charge in [0.1, 0.15) is 11.6 Å². The first-order valence-corrected chi connectivity index (χ1v) is 9.10. The Labute approximate surface area is 167 Å². The average Bonchev–Trinajstić information content (AvgIpc) is 3.14. The molecule has 3 aromatic rings. The van der Waals surface area contributed by atoms with E-state index in [0.717, 1.165) is 22.8 Å². The van der Waals surface area contributed by atoms with Crippen LogP contribution in [-0.4, -0.2) is 28.0 Å². The Morgan fingerprint density at radius 2 is 1.76 bits per heavy atom. The molecule has 2 aromatic carbocycles. The summed E-state index contributed by atoms with van der Waals surface area (Å²) in [5.41, 5.74) is 2.92. The lowest BCUT2D eigenvalue weighted by atomic mass is 10.1. The van der Waals surface area contributed by atoms with Crippen LogP contribution in [0.3, 0.4) is 0 Å². The van der Waals surface area contributed by atoms with E-state index in [-0.39, 0.29) is 18.2 Å². The van der Waals surface area contributed by atoms with Crippen molar-refractivity contribution in [1.82, 2.24) is 4.57 Å². The van der Waals surface area contributed by atoms with Gasteiger partial charge in [0.25, 0.3) is 5.78 Å². The third kappa shape index (κ3) is 4.99. The minimum atomic E-state index is -1.03. The molecule has 0 fully saturated rings. The molecule has 0 saturated carbocycles. The fraction of sp³-hybridized carbons (Fsp3) is 0.130. The predicted molar refractivity (Wildman–Crippen MR) is 108 cm³/mol. The predicted octanol–water partition coefficient (Wildman–Crippen LogP) is 4.37. The van der Waals surface area contributed by atoms with Crippen LogP contribution in [0.15, 0.2) is 72.9 Å². The number of rotatable bonds is 7. The fourth-order valence-electron chi connectivity index (χ4n) is 2.89. The summed E-state index contributed by atoms with van der Waals surface area (Å²) in [6.07, 6.45) is 2.68. The molecule has 148 valence electrons. The normalized spacial score (nSPS) is 11.3. The van der Waals surface area contributed by atoms with Crippen molar-refractivity contribution in [1.29, 1.82) is 0 Å². The van der Waals surface area contributed by atoms with Crippen LogP contribution in [0.1, 0.15) is 18.2 Å². The van der Waals surface area contributed by atoms with Crippen LogP contribution in [0.4, 0.5) is 4.39 Å². The monoisotopic (exact) mass is 393 g/mol. The zero-order valence-electron chi connectivity index (χ0n) is 15.8. The summed E-state index contributed by atoms with van der Waals surface area (Å²) >= 11 is 0.